The fourth-order valence-corrected chi connectivity index (χ4v) is 4.86. The van der Waals surface area contributed by atoms with E-state index in [1.807, 2.05) is 0 Å². The summed E-state index contributed by atoms with van der Waals surface area (Å²) < 4.78 is 17.2. The van der Waals surface area contributed by atoms with Gasteiger partial charge in [-0.2, -0.15) is 0 Å². The molecule has 1 aromatic carbocycles. The van der Waals surface area contributed by atoms with Gasteiger partial charge >= 0.3 is 0 Å². The van der Waals surface area contributed by atoms with Crippen molar-refractivity contribution in [3.8, 4) is 5.75 Å². The first-order chi connectivity index (χ1) is 16.7. The molecule has 1 aliphatic carbocycles. The van der Waals surface area contributed by atoms with Crippen molar-refractivity contribution in [1.82, 2.24) is 4.57 Å². The van der Waals surface area contributed by atoms with Crippen LogP contribution in [0.3, 0.4) is 0 Å². The number of hydrogen-bond donors (Lipinski definition) is 0. The van der Waals surface area contributed by atoms with Crippen LogP contribution in [-0.4, -0.2) is 17.8 Å². The first kappa shape index (κ1) is 27.1. The molecule has 0 unspecified atom stereocenters. The molecule has 0 saturated heterocycles. The van der Waals surface area contributed by atoms with Crippen LogP contribution in [0.25, 0.3) is 0 Å². The van der Waals surface area contributed by atoms with Gasteiger partial charge in [-0.1, -0.05) is 79.7 Å². The Morgan fingerprint density at radius 1 is 0.857 bits per heavy atom. The van der Waals surface area contributed by atoms with E-state index >= 15 is 0 Å². The topological polar surface area (TPSA) is 27.3 Å². The Balaban J connectivity index is 1.57. The Morgan fingerprint density at radius 2 is 1.54 bits per heavy atom. The van der Waals surface area contributed by atoms with Gasteiger partial charge in [0.25, 0.3) is 0 Å². The maximum absolute atomic E-state index is 6.41. The summed E-state index contributed by atoms with van der Waals surface area (Å²) in [6.07, 6.45) is 11.0. The highest BCUT2D eigenvalue weighted by molar-refractivity contribution is 5.44. The van der Waals surface area contributed by atoms with Crippen LogP contribution in [0.5, 0.6) is 5.75 Å². The molecule has 0 saturated carbocycles. The zero-order chi connectivity index (χ0) is 25.5. The fourth-order valence-electron chi connectivity index (χ4n) is 4.86. The maximum atomic E-state index is 6.41. The van der Waals surface area contributed by atoms with Gasteiger partial charge < -0.3 is 9.47 Å². The predicted octanol–water partition coefficient (Wildman–Crippen LogP) is 7.40. The zero-order valence-corrected chi connectivity index (χ0v) is 23.3. The highest BCUT2D eigenvalue weighted by Gasteiger charge is 2.22. The number of hydrogen-bond acceptors (Lipinski definition) is 2. The Bertz CT molecular complexity index is 998. The summed E-state index contributed by atoms with van der Waals surface area (Å²) >= 11 is 0. The molecule has 0 radical (unpaired) electrons. The number of imidazole rings is 1. The molecule has 0 amide bonds. The molecule has 0 spiro atoms. The van der Waals surface area contributed by atoms with Crippen LogP contribution in [0, 0.1) is 11.8 Å². The molecular weight excluding hydrogens is 432 g/mol. The van der Waals surface area contributed by atoms with Crippen molar-refractivity contribution in [2.75, 3.05) is 13.2 Å². The summed E-state index contributed by atoms with van der Waals surface area (Å²) in [6.45, 7) is 21.0. The van der Waals surface area contributed by atoms with Crippen LogP contribution in [0.4, 0.5) is 0 Å². The molecule has 0 bridgehead atoms. The average Bonchev–Trinajstić information content (AvgIpc) is 3.26. The largest absolute Gasteiger partial charge is 0.489 e. The third-order valence-corrected chi connectivity index (χ3v) is 6.91. The van der Waals surface area contributed by atoms with Crippen molar-refractivity contribution in [1.29, 1.82) is 0 Å². The Hall–Kier alpha value is -2.49. The van der Waals surface area contributed by atoms with Crippen molar-refractivity contribution in [3.63, 3.8) is 0 Å². The second kappa shape index (κ2) is 12.5. The van der Waals surface area contributed by atoms with E-state index in [-0.39, 0.29) is 0 Å². The van der Waals surface area contributed by atoms with Crippen molar-refractivity contribution in [3.05, 3.63) is 71.0 Å². The Morgan fingerprint density at radius 3 is 2.14 bits per heavy atom. The zero-order valence-electron chi connectivity index (χ0n) is 23.3. The third kappa shape index (κ3) is 7.02. The van der Waals surface area contributed by atoms with Crippen LogP contribution in [0.15, 0.2) is 59.9 Å². The number of nitrogens with zero attached hydrogens (tertiary/aromatic N) is 2. The van der Waals surface area contributed by atoms with E-state index in [9.17, 15) is 0 Å². The van der Waals surface area contributed by atoms with Crippen molar-refractivity contribution >= 4 is 0 Å². The van der Waals surface area contributed by atoms with Gasteiger partial charge in [-0.3, -0.25) is 0 Å². The molecule has 1 heterocycles. The number of para-hydroxylation sites is 1. The second-order valence-electron chi connectivity index (χ2n) is 11.0. The standard InChI is InChI=1S/C31H47N2O2/c1-22(2)26-11-9-12-27(23(3)4)30(26)34-19-17-32-15-16-33(21-32)18-20-35-31-28(24(5)6)13-10-14-29(31)25(7)8/h9,11-13,15-16,21-25H,10,14,17-20H2,1-8H3/q+1. The molecule has 2 aromatic rings. The minimum absolute atomic E-state index is 0.444. The lowest BCUT2D eigenvalue weighted by molar-refractivity contribution is -0.697. The van der Waals surface area contributed by atoms with Crippen molar-refractivity contribution in [2.24, 2.45) is 11.8 Å². The highest BCUT2D eigenvalue weighted by Crippen LogP contribution is 2.35. The van der Waals surface area contributed by atoms with E-state index in [1.165, 1.54) is 22.3 Å². The van der Waals surface area contributed by atoms with E-state index in [2.05, 4.69) is 108 Å². The lowest BCUT2D eigenvalue weighted by atomic mass is 9.86. The molecule has 0 aliphatic heterocycles. The number of allylic oxidation sites excluding steroid dienone is 3. The van der Waals surface area contributed by atoms with Crippen LogP contribution in [0.2, 0.25) is 0 Å². The Kier molecular flexibility index (Phi) is 9.65. The molecule has 1 aliphatic rings. The molecule has 0 fully saturated rings. The molecule has 0 atom stereocenters. The van der Waals surface area contributed by atoms with Gasteiger partial charge in [0, 0.05) is 0 Å². The van der Waals surface area contributed by atoms with Gasteiger partial charge in [0.05, 0.1) is 0 Å². The van der Waals surface area contributed by atoms with E-state index in [0.29, 0.717) is 36.9 Å². The number of ether oxygens (including phenoxy) is 2. The van der Waals surface area contributed by atoms with E-state index in [0.717, 1.165) is 37.4 Å². The molecule has 35 heavy (non-hydrogen) atoms. The summed E-state index contributed by atoms with van der Waals surface area (Å²) in [4.78, 5) is 0. The molecular formula is C31H47N2O2+. The average molecular weight is 480 g/mol. The first-order valence-corrected chi connectivity index (χ1v) is 13.6. The summed E-state index contributed by atoms with van der Waals surface area (Å²) in [5.74, 6) is 4.13. The SMILES string of the molecule is CC(C)C1=CCCC(C(C)C)=C1OCC[n+]1ccn(CCOc2c(C(C)C)cccc2C(C)C)c1. The minimum atomic E-state index is 0.444. The van der Waals surface area contributed by atoms with Gasteiger partial charge in [0.1, 0.15) is 50.2 Å². The number of aromatic nitrogens is 2. The fraction of sp³-hybridized carbons (Fsp3) is 0.581. The normalized spacial score (nSPS) is 14.5. The summed E-state index contributed by atoms with van der Waals surface area (Å²) in [5, 5.41) is 0. The predicted molar refractivity (Wildman–Crippen MR) is 145 cm³/mol. The summed E-state index contributed by atoms with van der Waals surface area (Å²) in [7, 11) is 0. The van der Waals surface area contributed by atoms with E-state index in [4.69, 9.17) is 9.47 Å². The van der Waals surface area contributed by atoms with E-state index in [1.54, 1.807) is 0 Å². The second-order valence-corrected chi connectivity index (χ2v) is 11.0. The Labute approximate surface area is 213 Å². The van der Waals surface area contributed by atoms with Crippen LogP contribution < -0.4 is 9.30 Å². The van der Waals surface area contributed by atoms with Crippen molar-refractivity contribution in [2.45, 2.75) is 93.2 Å². The smallest absolute Gasteiger partial charge is 0.244 e. The van der Waals surface area contributed by atoms with Crippen LogP contribution in [0.1, 0.15) is 91.2 Å². The van der Waals surface area contributed by atoms with Crippen molar-refractivity contribution < 1.29 is 14.0 Å². The van der Waals surface area contributed by atoms with Crippen LogP contribution >= 0.6 is 0 Å². The molecule has 4 nitrogen and oxygen atoms in total. The van der Waals surface area contributed by atoms with Gasteiger partial charge in [0.15, 0.2) is 0 Å². The monoisotopic (exact) mass is 479 g/mol. The molecule has 192 valence electrons. The lowest BCUT2D eigenvalue weighted by Crippen LogP contribution is -2.34. The molecule has 1 aromatic heterocycles. The summed E-state index contributed by atoms with van der Waals surface area (Å²) in [5.41, 5.74) is 5.44. The minimum Gasteiger partial charge on any atom is -0.489 e. The van der Waals surface area contributed by atoms with Crippen LogP contribution in [-0.2, 0) is 17.8 Å². The van der Waals surface area contributed by atoms with E-state index < -0.39 is 0 Å². The van der Waals surface area contributed by atoms with Gasteiger partial charge in [-0.15, -0.1) is 0 Å². The lowest BCUT2D eigenvalue weighted by Gasteiger charge is -2.26. The maximum Gasteiger partial charge on any atom is 0.244 e. The quantitative estimate of drug-likeness (QED) is 0.297. The first-order valence-electron chi connectivity index (χ1n) is 13.6. The number of rotatable bonds is 12. The van der Waals surface area contributed by atoms with Gasteiger partial charge in [-0.05, 0) is 58.8 Å². The number of benzene rings is 1. The molecule has 0 N–H and O–H groups in total. The third-order valence-electron chi connectivity index (χ3n) is 6.91. The summed E-state index contributed by atoms with van der Waals surface area (Å²) in [6, 6.07) is 6.55. The molecule has 4 heteroatoms. The van der Waals surface area contributed by atoms with Gasteiger partial charge in [-0.25, -0.2) is 9.13 Å². The molecule has 3 rings (SSSR count). The van der Waals surface area contributed by atoms with Gasteiger partial charge in [0.2, 0.25) is 6.33 Å². The highest BCUT2D eigenvalue weighted by atomic mass is 16.5.